The molecule has 28 heavy (non-hydrogen) atoms. The highest BCUT2D eigenvalue weighted by Gasteiger charge is 2.05. The quantitative estimate of drug-likeness (QED) is 0.556. The van der Waals surface area contributed by atoms with Crippen LogP contribution in [0.1, 0.15) is 11.1 Å². The lowest BCUT2D eigenvalue weighted by atomic mass is 10.1. The monoisotopic (exact) mass is 398 g/mol. The Kier molecular flexibility index (Phi) is 6.92. The van der Waals surface area contributed by atoms with Crippen molar-refractivity contribution in [2.45, 2.75) is 13.0 Å². The van der Waals surface area contributed by atoms with E-state index in [-0.39, 0.29) is 0 Å². The maximum atomic E-state index is 6.19. The molecule has 0 spiro atoms. The van der Waals surface area contributed by atoms with Gasteiger partial charge in [0.2, 0.25) is 0 Å². The Morgan fingerprint density at radius 2 is 1.64 bits per heavy atom. The Labute approximate surface area is 169 Å². The van der Waals surface area contributed by atoms with Crippen LogP contribution in [0.15, 0.2) is 54.9 Å². The average Bonchev–Trinajstić information content (AvgIpc) is 2.73. The molecule has 1 aromatic heterocycles. The fourth-order valence-electron chi connectivity index (χ4n) is 2.75. The van der Waals surface area contributed by atoms with Gasteiger partial charge in [0.05, 0.1) is 14.2 Å². The molecule has 7 heteroatoms. The number of ether oxygens (including phenoxy) is 2. The summed E-state index contributed by atoms with van der Waals surface area (Å²) in [5, 5.41) is 7.33. The van der Waals surface area contributed by atoms with Gasteiger partial charge in [0.25, 0.3) is 0 Å². The molecule has 0 fully saturated rings. The van der Waals surface area contributed by atoms with E-state index in [1.807, 2.05) is 48.5 Å². The molecule has 0 bridgehead atoms. The molecule has 0 aliphatic carbocycles. The van der Waals surface area contributed by atoms with Gasteiger partial charge in [0, 0.05) is 24.2 Å². The highest BCUT2D eigenvalue weighted by Crippen LogP contribution is 2.27. The maximum absolute atomic E-state index is 6.19. The average molecular weight is 399 g/mol. The molecule has 0 saturated carbocycles. The minimum absolute atomic E-state index is 0.599. The second kappa shape index (κ2) is 9.80. The summed E-state index contributed by atoms with van der Waals surface area (Å²) >= 11 is 6.19. The third-order valence-electron chi connectivity index (χ3n) is 4.25. The fourth-order valence-corrected chi connectivity index (χ4v) is 2.95. The van der Waals surface area contributed by atoms with Gasteiger partial charge >= 0.3 is 0 Å². The number of hydrogen-bond acceptors (Lipinski definition) is 6. The predicted molar refractivity (Wildman–Crippen MR) is 113 cm³/mol. The highest BCUT2D eigenvalue weighted by atomic mass is 35.5. The fraction of sp³-hybridized carbons (Fsp3) is 0.238. The van der Waals surface area contributed by atoms with Crippen molar-refractivity contribution in [1.29, 1.82) is 0 Å². The van der Waals surface area contributed by atoms with Gasteiger partial charge in [0.1, 0.15) is 18.0 Å². The van der Waals surface area contributed by atoms with Crippen LogP contribution in [0.25, 0.3) is 0 Å². The van der Waals surface area contributed by atoms with Crippen molar-refractivity contribution in [3.63, 3.8) is 0 Å². The van der Waals surface area contributed by atoms with Gasteiger partial charge in [0.15, 0.2) is 11.5 Å². The number of aromatic nitrogens is 2. The molecule has 2 aromatic carbocycles. The van der Waals surface area contributed by atoms with Crippen LogP contribution in [0, 0.1) is 0 Å². The van der Waals surface area contributed by atoms with Gasteiger partial charge in [-0.1, -0.05) is 35.9 Å². The SMILES string of the molecule is COc1ccc(CCNc2cc(NCc3ccccc3Cl)ncn2)cc1OC. The molecule has 0 radical (unpaired) electrons. The molecule has 1 heterocycles. The summed E-state index contributed by atoms with van der Waals surface area (Å²) in [6.07, 6.45) is 2.36. The third kappa shape index (κ3) is 5.27. The molecule has 2 N–H and O–H groups in total. The molecule has 0 aliphatic heterocycles. The number of benzene rings is 2. The number of nitrogens with one attached hydrogen (secondary N) is 2. The van der Waals surface area contributed by atoms with Crippen LogP contribution in [0.3, 0.4) is 0 Å². The van der Waals surface area contributed by atoms with E-state index in [1.54, 1.807) is 14.2 Å². The minimum atomic E-state index is 0.599. The molecule has 6 nitrogen and oxygen atoms in total. The number of nitrogens with zero attached hydrogens (tertiary/aromatic N) is 2. The van der Waals surface area contributed by atoms with E-state index in [0.29, 0.717) is 6.54 Å². The molecule has 3 aromatic rings. The summed E-state index contributed by atoms with van der Waals surface area (Å²) in [4.78, 5) is 8.53. The first-order chi connectivity index (χ1) is 13.7. The number of hydrogen-bond donors (Lipinski definition) is 2. The van der Waals surface area contributed by atoms with Crippen LogP contribution in [0.2, 0.25) is 5.02 Å². The zero-order chi connectivity index (χ0) is 19.8. The van der Waals surface area contributed by atoms with Crippen molar-refractivity contribution in [1.82, 2.24) is 9.97 Å². The van der Waals surface area contributed by atoms with Crippen LogP contribution < -0.4 is 20.1 Å². The first-order valence-corrected chi connectivity index (χ1v) is 9.31. The van der Waals surface area contributed by atoms with Gasteiger partial charge in [-0.15, -0.1) is 0 Å². The van der Waals surface area contributed by atoms with Crippen molar-refractivity contribution in [2.24, 2.45) is 0 Å². The Hall–Kier alpha value is -2.99. The standard InChI is InChI=1S/C21H23ClN4O2/c1-27-18-8-7-15(11-19(18)28-2)9-10-23-20-12-21(26-14-25-20)24-13-16-5-3-4-6-17(16)22/h3-8,11-12,14H,9-10,13H2,1-2H3,(H2,23,24,25,26). The number of halogens is 1. The van der Waals surface area contributed by atoms with E-state index in [9.17, 15) is 0 Å². The van der Waals surface area contributed by atoms with Crippen LogP contribution in [-0.4, -0.2) is 30.7 Å². The van der Waals surface area contributed by atoms with E-state index < -0.39 is 0 Å². The second-order valence-electron chi connectivity index (χ2n) is 6.10. The molecule has 0 aliphatic rings. The highest BCUT2D eigenvalue weighted by molar-refractivity contribution is 6.31. The maximum Gasteiger partial charge on any atom is 0.160 e. The predicted octanol–water partition coefficient (Wildman–Crippen LogP) is 4.41. The molecule has 0 unspecified atom stereocenters. The zero-order valence-corrected chi connectivity index (χ0v) is 16.7. The van der Waals surface area contributed by atoms with E-state index in [0.717, 1.165) is 52.2 Å². The molecule has 0 saturated heterocycles. The summed E-state index contributed by atoms with van der Waals surface area (Å²) < 4.78 is 10.6. The Morgan fingerprint density at radius 1 is 0.893 bits per heavy atom. The molecule has 3 rings (SSSR count). The molecule has 0 amide bonds. The van der Waals surface area contributed by atoms with E-state index in [4.69, 9.17) is 21.1 Å². The Bertz CT molecular complexity index is 920. The molecular weight excluding hydrogens is 376 g/mol. The van der Waals surface area contributed by atoms with Gasteiger partial charge in [-0.2, -0.15) is 0 Å². The van der Waals surface area contributed by atoms with Crippen molar-refractivity contribution in [3.05, 3.63) is 71.0 Å². The van der Waals surface area contributed by atoms with Gasteiger partial charge in [-0.25, -0.2) is 9.97 Å². The topological polar surface area (TPSA) is 68.3 Å². The van der Waals surface area contributed by atoms with E-state index in [1.165, 1.54) is 6.33 Å². The first-order valence-electron chi connectivity index (χ1n) is 8.93. The van der Waals surface area contributed by atoms with Crippen LogP contribution >= 0.6 is 11.6 Å². The molecule has 0 atom stereocenters. The lowest BCUT2D eigenvalue weighted by Gasteiger charge is -2.11. The molecular formula is C21H23ClN4O2. The minimum Gasteiger partial charge on any atom is -0.493 e. The van der Waals surface area contributed by atoms with Crippen LogP contribution in [0.5, 0.6) is 11.5 Å². The first kappa shape index (κ1) is 19.8. The largest absolute Gasteiger partial charge is 0.493 e. The lowest BCUT2D eigenvalue weighted by Crippen LogP contribution is -2.08. The van der Waals surface area contributed by atoms with E-state index >= 15 is 0 Å². The summed E-state index contributed by atoms with van der Waals surface area (Å²) in [6, 6.07) is 15.5. The summed E-state index contributed by atoms with van der Waals surface area (Å²) in [7, 11) is 3.27. The number of methoxy groups -OCH3 is 2. The van der Waals surface area contributed by atoms with Crippen LogP contribution in [-0.2, 0) is 13.0 Å². The van der Waals surface area contributed by atoms with Gasteiger partial charge < -0.3 is 20.1 Å². The third-order valence-corrected chi connectivity index (χ3v) is 4.62. The zero-order valence-electron chi connectivity index (χ0n) is 15.9. The van der Waals surface area contributed by atoms with Crippen LogP contribution in [0.4, 0.5) is 11.6 Å². The summed E-state index contributed by atoms with van der Waals surface area (Å²) in [6.45, 7) is 1.33. The van der Waals surface area contributed by atoms with Gasteiger partial charge in [-0.05, 0) is 35.7 Å². The Balaban J connectivity index is 1.54. The second-order valence-corrected chi connectivity index (χ2v) is 6.51. The molecule has 146 valence electrons. The summed E-state index contributed by atoms with van der Waals surface area (Å²) in [5.41, 5.74) is 2.17. The number of anilines is 2. The number of rotatable bonds is 9. The summed E-state index contributed by atoms with van der Waals surface area (Å²) in [5.74, 6) is 2.96. The normalized spacial score (nSPS) is 10.4. The van der Waals surface area contributed by atoms with Crippen molar-refractivity contribution in [2.75, 3.05) is 31.4 Å². The van der Waals surface area contributed by atoms with Crippen molar-refractivity contribution < 1.29 is 9.47 Å². The van der Waals surface area contributed by atoms with Crippen molar-refractivity contribution in [3.8, 4) is 11.5 Å². The smallest absolute Gasteiger partial charge is 0.160 e. The Morgan fingerprint density at radius 3 is 2.39 bits per heavy atom. The van der Waals surface area contributed by atoms with Gasteiger partial charge in [-0.3, -0.25) is 0 Å². The van der Waals surface area contributed by atoms with E-state index in [2.05, 4.69) is 20.6 Å². The lowest BCUT2D eigenvalue weighted by molar-refractivity contribution is 0.354. The van der Waals surface area contributed by atoms with Crippen molar-refractivity contribution >= 4 is 23.2 Å².